The third-order valence-electron chi connectivity index (χ3n) is 6.14. The maximum absolute atomic E-state index is 11.8. The molecule has 7 heteroatoms. The van der Waals surface area contributed by atoms with E-state index in [1.807, 2.05) is 6.92 Å². The first kappa shape index (κ1) is 24.1. The smallest absolute Gasteiger partial charge is 0.409 e. The Morgan fingerprint density at radius 2 is 1.87 bits per heavy atom. The molecule has 1 N–H and O–H groups in total. The molecule has 0 aromatic heterocycles. The minimum Gasteiger partial charge on any atom is -0.450 e. The maximum Gasteiger partial charge on any atom is 0.409 e. The lowest BCUT2D eigenvalue weighted by atomic mass is 9.98. The fourth-order valence-electron chi connectivity index (χ4n) is 4.21. The van der Waals surface area contributed by atoms with E-state index in [-0.39, 0.29) is 12.7 Å². The van der Waals surface area contributed by atoms with Crippen molar-refractivity contribution >= 4 is 22.7 Å². The van der Waals surface area contributed by atoms with Crippen molar-refractivity contribution in [3.05, 3.63) is 40.0 Å². The number of fused-ring (bicyclic) bond motifs is 1. The highest BCUT2D eigenvalue weighted by Crippen LogP contribution is 2.34. The third-order valence-corrected chi connectivity index (χ3v) is 6.62. The molecule has 0 bridgehead atoms. The molecular formula is C24H35ClN2O4. The van der Waals surface area contributed by atoms with E-state index in [4.69, 9.17) is 21.1 Å². The van der Waals surface area contributed by atoms with Gasteiger partial charge in [0.05, 0.1) is 25.9 Å². The van der Waals surface area contributed by atoms with Crippen molar-refractivity contribution in [3.63, 3.8) is 0 Å². The van der Waals surface area contributed by atoms with Crippen LogP contribution in [0.3, 0.4) is 0 Å². The van der Waals surface area contributed by atoms with Gasteiger partial charge < -0.3 is 19.5 Å². The molecule has 1 aromatic rings. The van der Waals surface area contributed by atoms with Crippen LogP contribution < -0.4 is 0 Å². The van der Waals surface area contributed by atoms with Gasteiger partial charge in [0, 0.05) is 37.8 Å². The zero-order valence-corrected chi connectivity index (χ0v) is 19.7. The van der Waals surface area contributed by atoms with Crippen LogP contribution in [0.25, 0.3) is 5.03 Å². The number of carbonyl (C=O) groups is 1. The van der Waals surface area contributed by atoms with Crippen LogP contribution in [0.1, 0.15) is 42.0 Å². The third kappa shape index (κ3) is 6.45. The number of aliphatic hydroxyl groups is 1. The second kappa shape index (κ2) is 11.3. The predicted molar refractivity (Wildman–Crippen MR) is 123 cm³/mol. The molecule has 1 aliphatic heterocycles. The van der Waals surface area contributed by atoms with Gasteiger partial charge in [-0.2, -0.15) is 0 Å². The Kier molecular flexibility index (Phi) is 8.78. The van der Waals surface area contributed by atoms with Gasteiger partial charge in [-0.3, -0.25) is 4.90 Å². The largest absolute Gasteiger partial charge is 0.450 e. The lowest BCUT2D eigenvalue weighted by molar-refractivity contribution is 0.0122. The number of aliphatic hydroxyl groups excluding tert-OH is 1. The van der Waals surface area contributed by atoms with E-state index in [0.29, 0.717) is 32.8 Å². The topological polar surface area (TPSA) is 62.2 Å². The number of benzene rings is 1. The lowest BCUT2D eigenvalue weighted by Crippen LogP contribution is -2.51. The van der Waals surface area contributed by atoms with E-state index in [1.54, 1.807) is 4.90 Å². The molecule has 3 rings (SSSR count). The Morgan fingerprint density at radius 3 is 2.58 bits per heavy atom. The number of halogens is 1. The second-order valence-corrected chi connectivity index (χ2v) is 8.90. The van der Waals surface area contributed by atoms with E-state index in [2.05, 4.69) is 30.9 Å². The molecule has 1 heterocycles. The van der Waals surface area contributed by atoms with Gasteiger partial charge in [-0.25, -0.2) is 4.79 Å². The Morgan fingerprint density at radius 1 is 1.16 bits per heavy atom. The SMILES string of the molecule is CCOC(=O)N1CCN(CC(O)COCC2=C(Cl)c3cc(C)c(C)cc3CCC2)CC1. The number of rotatable bonds is 7. The summed E-state index contributed by atoms with van der Waals surface area (Å²) in [5.74, 6) is 0. The molecule has 31 heavy (non-hydrogen) atoms. The molecule has 6 nitrogen and oxygen atoms in total. The fraction of sp³-hybridized carbons (Fsp3) is 0.625. The lowest BCUT2D eigenvalue weighted by Gasteiger charge is -2.34. The monoisotopic (exact) mass is 450 g/mol. The highest BCUT2D eigenvalue weighted by Gasteiger charge is 2.23. The molecule has 0 saturated carbocycles. The standard InChI is InChI=1S/C24H35ClN2O4/c1-4-31-24(29)27-10-8-26(9-11-27)14-21(28)16-30-15-20-7-5-6-19-12-17(2)18(3)13-22(19)23(20)25/h12-13,21,28H,4-11,14-16H2,1-3H3. The maximum atomic E-state index is 11.8. The molecule has 1 aromatic carbocycles. The van der Waals surface area contributed by atoms with Crippen LogP contribution in [0.5, 0.6) is 0 Å². The summed E-state index contributed by atoms with van der Waals surface area (Å²) in [4.78, 5) is 15.7. The van der Waals surface area contributed by atoms with Crippen molar-refractivity contribution in [2.45, 2.75) is 46.1 Å². The molecule has 0 spiro atoms. The highest BCUT2D eigenvalue weighted by atomic mass is 35.5. The summed E-state index contributed by atoms with van der Waals surface area (Å²) < 4.78 is 10.9. The first-order valence-corrected chi connectivity index (χ1v) is 11.6. The first-order chi connectivity index (χ1) is 14.9. The van der Waals surface area contributed by atoms with Gasteiger partial charge in [-0.1, -0.05) is 23.7 Å². The zero-order chi connectivity index (χ0) is 22.4. The molecule has 1 saturated heterocycles. The second-order valence-electron chi connectivity index (χ2n) is 8.52. The van der Waals surface area contributed by atoms with Crippen molar-refractivity contribution in [3.8, 4) is 0 Å². The Bertz CT molecular complexity index is 803. The molecule has 172 valence electrons. The van der Waals surface area contributed by atoms with Crippen LogP contribution in [0, 0.1) is 13.8 Å². The summed E-state index contributed by atoms with van der Waals surface area (Å²) in [7, 11) is 0. The fourth-order valence-corrected chi connectivity index (χ4v) is 4.54. The summed E-state index contributed by atoms with van der Waals surface area (Å²) in [6.07, 6.45) is 2.16. The molecular weight excluding hydrogens is 416 g/mol. The van der Waals surface area contributed by atoms with Crippen LogP contribution in [-0.4, -0.2) is 79.6 Å². The van der Waals surface area contributed by atoms with Crippen molar-refractivity contribution in [2.24, 2.45) is 0 Å². The van der Waals surface area contributed by atoms with Gasteiger partial charge in [0.15, 0.2) is 0 Å². The predicted octanol–water partition coefficient (Wildman–Crippen LogP) is 3.74. The summed E-state index contributed by atoms with van der Waals surface area (Å²) >= 11 is 6.76. The molecule has 1 aliphatic carbocycles. The van der Waals surface area contributed by atoms with Crippen LogP contribution in [-0.2, 0) is 15.9 Å². The van der Waals surface area contributed by atoms with Crippen molar-refractivity contribution in [1.82, 2.24) is 9.80 Å². The number of piperazine rings is 1. The van der Waals surface area contributed by atoms with Gasteiger partial charge in [0.1, 0.15) is 0 Å². The molecule has 1 fully saturated rings. The average Bonchev–Trinajstić information content (AvgIpc) is 2.88. The van der Waals surface area contributed by atoms with E-state index in [0.717, 1.165) is 48.5 Å². The van der Waals surface area contributed by atoms with E-state index in [1.165, 1.54) is 16.7 Å². The number of β-amino-alcohol motifs (C(OH)–C–C–N with tert-alkyl or cyclic N) is 1. The summed E-state index contributed by atoms with van der Waals surface area (Å²) in [5.41, 5.74) is 6.09. The van der Waals surface area contributed by atoms with Crippen LogP contribution in [0.2, 0.25) is 0 Å². The average molecular weight is 451 g/mol. The molecule has 1 atom stereocenters. The molecule has 2 aliphatic rings. The number of nitrogens with zero attached hydrogens (tertiary/aromatic N) is 2. The van der Waals surface area contributed by atoms with Crippen molar-refractivity contribution in [1.29, 1.82) is 0 Å². The number of amides is 1. The van der Waals surface area contributed by atoms with E-state index < -0.39 is 6.10 Å². The minimum atomic E-state index is -0.573. The van der Waals surface area contributed by atoms with Gasteiger partial charge in [0.2, 0.25) is 0 Å². The van der Waals surface area contributed by atoms with Crippen molar-refractivity contribution in [2.75, 3.05) is 52.5 Å². The van der Waals surface area contributed by atoms with Crippen molar-refractivity contribution < 1.29 is 19.4 Å². The van der Waals surface area contributed by atoms with Gasteiger partial charge in [-0.15, -0.1) is 0 Å². The van der Waals surface area contributed by atoms with Gasteiger partial charge in [-0.05, 0) is 67.9 Å². The Labute approximate surface area is 190 Å². The molecule has 0 radical (unpaired) electrons. The minimum absolute atomic E-state index is 0.258. The normalized spacial score (nSPS) is 18.5. The molecule has 1 unspecified atom stereocenters. The number of carbonyl (C=O) groups excluding carboxylic acids is 1. The quantitative estimate of drug-likeness (QED) is 0.685. The summed E-state index contributed by atoms with van der Waals surface area (Å²) in [6.45, 7) is 10.4. The number of hydrogen-bond donors (Lipinski definition) is 1. The Balaban J connectivity index is 1.46. The number of aryl methyl sites for hydroxylation is 3. The van der Waals surface area contributed by atoms with Crippen LogP contribution in [0.15, 0.2) is 17.7 Å². The van der Waals surface area contributed by atoms with Gasteiger partial charge in [0.25, 0.3) is 0 Å². The summed E-state index contributed by atoms with van der Waals surface area (Å²) in [5, 5.41) is 11.2. The van der Waals surface area contributed by atoms with Crippen LogP contribution >= 0.6 is 11.6 Å². The van der Waals surface area contributed by atoms with E-state index in [9.17, 15) is 9.90 Å². The number of ether oxygens (including phenoxy) is 2. The highest BCUT2D eigenvalue weighted by molar-refractivity contribution is 6.49. The van der Waals surface area contributed by atoms with Gasteiger partial charge >= 0.3 is 6.09 Å². The summed E-state index contributed by atoms with van der Waals surface area (Å²) in [6, 6.07) is 4.44. The number of hydrogen-bond acceptors (Lipinski definition) is 5. The van der Waals surface area contributed by atoms with E-state index >= 15 is 0 Å². The molecule has 1 amide bonds. The Hall–Kier alpha value is -1.60. The zero-order valence-electron chi connectivity index (χ0n) is 19.0. The first-order valence-electron chi connectivity index (χ1n) is 11.3. The van der Waals surface area contributed by atoms with Crippen LogP contribution in [0.4, 0.5) is 4.79 Å².